The third kappa shape index (κ3) is 3.67. The van der Waals surface area contributed by atoms with Crippen molar-refractivity contribution in [3.63, 3.8) is 0 Å². The highest BCUT2D eigenvalue weighted by molar-refractivity contribution is 6.55. The van der Waals surface area contributed by atoms with Crippen LogP contribution in [-0.2, 0) is 16.1 Å². The highest BCUT2D eigenvalue weighted by Gasteiger charge is 2.36. The Labute approximate surface area is 153 Å². The fourth-order valence-corrected chi connectivity index (χ4v) is 2.95. The first-order valence-electron chi connectivity index (χ1n) is 8.54. The van der Waals surface area contributed by atoms with Crippen molar-refractivity contribution < 1.29 is 14.3 Å². The fourth-order valence-electron chi connectivity index (χ4n) is 2.95. The predicted octanol–water partition coefficient (Wildman–Crippen LogP) is 4.27. The zero-order valence-electron chi connectivity index (χ0n) is 15.4. The zero-order valence-corrected chi connectivity index (χ0v) is 15.4. The van der Waals surface area contributed by atoms with Crippen molar-refractivity contribution in [3.8, 4) is 0 Å². The van der Waals surface area contributed by atoms with E-state index < -0.39 is 11.7 Å². The summed E-state index contributed by atoms with van der Waals surface area (Å²) in [4.78, 5) is 30.8. The molecule has 0 bridgehead atoms. The summed E-state index contributed by atoms with van der Waals surface area (Å²) in [6.45, 7) is 7.66. The van der Waals surface area contributed by atoms with Gasteiger partial charge in [0.15, 0.2) is 0 Å². The highest BCUT2D eigenvalue weighted by Crippen LogP contribution is 2.34. The molecule has 26 heavy (non-hydrogen) atoms. The lowest BCUT2D eigenvalue weighted by molar-refractivity contribution is -0.112. The van der Waals surface area contributed by atoms with Crippen molar-refractivity contribution in [2.75, 3.05) is 4.90 Å². The lowest BCUT2D eigenvalue weighted by Crippen LogP contribution is -2.31. The van der Waals surface area contributed by atoms with Gasteiger partial charge in [-0.25, -0.2) is 4.79 Å². The Balaban J connectivity index is 2.00. The van der Waals surface area contributed by atoms with Gasteiger partial charge in [-0.1, -0.05) is 48.5 Å². The summed E-state index contributed by atoms with van der Waals surface area (Å²) < 4.78 is 5.25. The molecular formula is C21H22N2O3. The number of fused-ring (bicyclic) bond motifs is 1. The van der Waals surface area contributed by atoms with Gasteiger partial charge in [0.2, 0.25) is 0 Å². The molecule has 0 aromatic heterocycles. The van der Waals surface area contributed by atoms with Crippen LogP contribution in [0.3, 0.4) is 0 Å². The van der Waals surface area contributed by atoms with Crippen LogP contribution in [0.2, 0.25) is 0 Å². The number of aliphatic imine (C=N–C) groups is 1. The molecule has 0 fully saturated rings. The van der Waals surface area contributed by atoms with Gasteiger partial charge in [0, 0.05) is 5.56 Å². The molecule has 5 heteroatoms. The lowest BCUT2D eigenvalue weighted by Gasteiger charge is -2.19. The standard InChI is InChI=1S/C21H22N2O3/c1-14-9-8-12-16-17(22-20(25)26-21(2,3)4)19(24)23(18(14)16)13-15-10-6-5-7-11-15/h5-12H,13H2,1-4H3/b22-17-. The molecule has 1 aliphatic rings. The molecule has 0 radical (unpaired) electrons. The number of benzene rings is 2. The number of hydrogen-bond donors (Lipinski definition) is 0. The number of carbonyl (C=O) groups excluding carboxylic acids is 2. The summed E-state index contributed by atoms with van der Waals surface area (Å²) >= 11 is 0. The van der Waals surface area contributed by atoms with Crippen molar-refractivity contribution in [1.82, 2.24) is 0 Å². The predicted molar refractivity (Wildman–Crippen MR) is 102 cm³/mol. The molecule has 0 aliphatic carbocycles. The van der Waals surface area contributed by atoms with E-state index >= 15 is 0 Å². The number of hydrogen-bond acceptors (Lipinski definition) is 3. The van der Waals surface area contributed by atoms with E-state index in [1.54, 1.807) is 25.7 Å². The highest BCUT2D eigenvalue weighted by atomic mass is 16.6. The van der Waals surface area contributed by atoms with E-state index in [0.29, 0.717) is 12.1 Å². The van der Waals surface area contributed by atoms with Crippen LogP contribution in [0.1, 0.15) is 37.5 Å². The molecular weight excluding hydrogens is 328 g/mol. The van der Waals surface area contributed by atoms with Crippen molar-refractivity contribution in [2.45, 2.75) is 39.8 Å². The van der Waals surface area contributed by atoms with Gasteiger partial charge in [-0.05, 0) is 38.8 Å². The Kier molecular flexibility index (Phi) is 4.64. The van der Waals surface area contributed by atoms with Gasteiger partial charge in [0.25, 0.3) is 5.91 Å². The van der Waals surface area contributed by atoms with Crippen molar-refractivity contribution in [3.05, 3.63) is 65.2 Å². The normalized spacial score (nSPS) is 15.3. The molecule has 134 valence electrons. The molecule has 2 aromatic carbocycles. The second kappa shape index (κ2) is 6.75. The van der Waals surface area contributed by atoms with Crippen LogP contribution in [-0.4, -0.2) is 23.3 Å². The number of aryl methyl sites for hydroxylation is 1. The number of para-hydroxylation sites is 1. The van der Waals surface area contributed by atoms with Gasteiger partial charge < -0.3 is 9.64 Å². The number of rotatable bonds is 2. The molecule has 2 aromatic rings. The van der Waals surface area contributed by atoms with E-state index in [0.717, 1.165) is 16.8 Å². The van der Waals surface area contributed by atoms with Crippen LogP contribution >= 0.6 is 0 Å². The summed E-state index contributed by atoms with van der Waals surface area (Å²) in [6, 6.07) is 15.4. The molecule has 0 unspecified atom stereocenters. The molecule has 2 amide bonds. The average molecular weight is 350 g/mol. The largest absolute Gasteiger partial charge is 0.442 e. The first kappa shape index (κ1) is 17.9. The van der Waals surface area contributed by atoms with Crippen LogP contribution in [0.15, 0.2) is 53.5 Å². The maximum absolute atomic E-state index is 13.0. The number of anilines is 1. The topological polar surface area (TPSA) is 59.0 Å². The first-order chi connectivity index (χ1) is 12.3. The molecule has 5 nitrogen and oxygen atoms in total. The molecule has 1 aliphatic heterocycles. The molecule has 1 heterocycles. The zero-order chi connectivity index (χ0) is 18.9. The average Bonchev–Trinajstić information content (AvgIpc) is 2.81. The van der Waals surface area contributed by atoms with Gasteiger partial charge in [0.05, 0.1) is 12.2 Å². The SMILES string of the molecule is Cc1cccc2c1N(Cc1ccccc1)C(=O)/C2=N\C(=O)OC(C)(C)C. The Morgan fingerprint density at radius 2 is 1.77 bits per heavy atom. The number of carbonyl (C=O) groups is 2. The van der Waals surface area contributed by atoms with Crippen LogP contribution in [0.25, 0.3) is 0 Å². The molecule has 3 rings (SSSR count). The summed E-state index contributed by atoms with van der Waals surface area (Å²) in [5.41, 5.74) is 2.89. The molecule has 0 atom stereocenters. The molecule has 0 saturated heterocycles. The Bertz CT molecular complexity index is 880. The monoisotopic (exact) mass is 350 g/mol. The van der Waals surface area contributed by atoms with Crippen LogP contribution in [0.4, 0.5) is 10.5 Å². The fraction of sp³-hybridized carbons (Fsp3) is 0.286. The minimum absolute atomic E-state index is 0.133. The number of amides is 2. The Morgan fingerprint density at radius 3 is 2.42 bits per heavy atom. The third-order valence-electron chi connectivity index (χ3n) is 3.99. The van der Waals surface area contributed by atoms with E-state index in [1.165, 1.54) is 0 Å². The van der Waals surface area contributed by atoms with E-state index in [4.69, 9.17) is 4.74 Å². The quantitative estimate of drug-likeness (QED) is 0.813. The number of ether oxygens (including phenoxy) is 1. The second-order valence-corrected chi connectivity index (χ2v) is 7.29. The van der Waals surface area contributed by atoms with E-state index in [-0.39, 0.29) is 11.6 Å². The summed E-state index contributed by atoms with van der Waals surface area (Å²) in [7, 11) is 0. The van der Waals surface area contributed by atoms with Gasteiger partial charge >= 0.3 is 6.09 Å². The van der Waals surface area contributed by atoms with Crippen molar-refractivity contribution in [2.24, 2.45) is 4.99 Å². The number of nitrogens with zero attached hydrogens (tertiary/aromatic N) is 2. The summed E-state index contributed by atoms with van der Waals surface area (Å²) in [6.07, 6.45) is -0.755. The van der Waals surface area contributed by atoms with Gasteiger partial charge in [0.1, 0.15) is 11.3 Å². The van der Waals surface area contributed by atoms with Crippen molar-refractivity contribution >= 4 is 23.4 Å². The summed E-state index contributed by atoms with van der Waals surface area (Å²) in [5.74, 6) is -0.288. The third-order valence-corrected chi connectivity index (χ3v) is 3.99. The maximum Gasteiger partial charge on any atom is 0.434 e. The van der Waals surface area contributed by atoms with Crippen LogP contribution in [0, 0.1) is 6.92 Å². The molecule has 0 saturated carbocycles. The first-order valence-corrected chi connectivity index (χ1v) is 8.54. The summed E-state index contributed by atoms with van der Waals surface area (Å²) in [5, 5.41) is 0. The Hall–Kier alpha value is -2.95. The van der Waals surface area contributed by atoms with E-state index in [1.807, 2.05) is 55.5 Å². The minimum atomic E-state index is -0.755. The molecule has 0 spiro atoms. The van der Waals surface area contributed by atoms with Gasteiger partial charge in [-0.2, -0.15) is 4.99 Å². The Morgan fingerprint density at radius 1 is 1.08 bits per heavy atom. The lowest BCUT2D eigenvalue weighted by atomic mass is 10.1. The maximum atomic E-state index is 13.0. The van der Waals surface area contributed by atoms with Gasteiger partial charge in [-0.15, -0.1) is 0 Å². The van der Waals surface area contributed by atoms with E-state index in [2.05, 4.69) is 4.99 Å². The van der Waals surface area contributed by atoms with Gasteiger partial charge in [-0.3, -0.25) is 4.79 Å². The van der Waals surface area contributed by atoms with Crippen LogP contribution < -0.4 is 4.90 Å². The van der Waals surface area contributed by atoms with E-state index in [9.17, 15) is 9.59 Å². The van der Waals surface area contributed by atoms with Crippen molar-refractivity contribution in [1.29, 1.82) is 0 Å². The molecule has 0 N–H and O–H groups in total. The minimum Gasteiger partial charge on any atom is -0.442 e. The van der Waals surface area contributed by atoms with Crippen LogP contribution in [0.5, 0.6) is 0 Å². The smallest absolute Gasteiger partial charge is 0.434 e. The second-order valence-electron chi connectivity index (χ2n) is 7.29.